The Bertz CT molecular complexity index is 192. The molecule has 2 saturated heterocycles. The minimum atomic E-state index is 0.542. The SMILES string of the molecule is CC1CNCCN(CCC2CCCCO2)C1. The van der Waals surface area contributed by atoms with Gasteiger partial charge in [-0.1, -0.05) is 6.92 Å². The standard InChI is InChI=1S/C13H26N2O/c1-12-10-14-6-8-15(11-12)7-5-13-4-2-3-9-16-13/h12-14H,2-11H2,1H3. The van der Waals surface area contributed by atoms with Crippen LogP contribution in [0.1, 0.15) is 32.6 Å². The van der Waals surface area contributed by atoms with Gasteiger partial charge >= 0.3 is 0 Å². The minimum Gasteiger partial charge on any atom is -0.378 e. The summed E-state index contributed by atoms with van der Waals surface area (Å²) in [4.78, 5) is 2.60. The second-order valence-corrected chi connectivity index (χ2v) is 5.39. The average molecular weight is 226 g/mol. The zero-order valence-electron chi connectivity index (χ0n) is 10.6. The Morgan fingerprint density at radius 2 is 2.31 bits per heavy atom. The van der Waals surface area contributed by atoms with E-state index < -0.39 is 0 Å². The van der Waals surface area contributed by atoms with Crippen LogP contribution in [-0.2, 0) is 4.74 Å². The first-order valence-electron chi connectivity index (χ1n) is 6.89. The van der Waals surface area contributed by atoms with Crippen molar-refractivity contribution in [1.29, 1.82) is 0 Å². The van der Waals surface area contributed by atoms with Crippen molar-refractivity contribution in [3.63, 3.8) is 0 Å². The highest BCUT2D eigenvalue weighted by Gasteiger charge is 2.18. The number of hydrogen-bond acceptors (Lipinski definition) is 3. The Hall–Kier alpha value is -0.120. The molecule has 0 aromatic heterocycles. The predicted octanol–water partition coefficient (Wildman–Crippen LogP) is 1.49. The van der Waals surface area contributed by atoms with E-state index in [1.807, 2.05) is 0 Å². The summed E-state index contributed by atoms with van der Waals surface area (Å²) in [6, 6.07) is 0. The lowest BCUT2D eigenvalue weighted by Crippen LogP contribution is -2.33. The monoisotopic (exact) mass is 226 g/mol. The highest BCUT2D eigenvalue weighted by molar-refractivity contribution is 4.73. The maximum Gasteiger partial charge on any atom is 0.0587 e. The van der Waals surface area contributed by atoms with Gasteiger partial charge in [-0.25, -0.2) is 0 Å². The van der Waals surface area contributed by atoms with Crippen LogP contribution < -0.4 is 5.32 Å². The van der Waals surface area contributed by atoms with Crippen molar-refractivity contribution in [2.45, 2.75) is 38.7 Å². The van der Waals surface area contributed by atoms with Crippen LogP contribution in [0.25, 0.3) is 0 Å². The molecule has 0 aromatic rings. The van der Waals surface area contributed by atoms with E-state index >= 15 is 0 Å². The van der Waals surface area contributed by atoms with Gasteiger partial charge in [-0.15, -0.1) is 0 Å². The van der Waals surface area contributed by atoms with Crippen LogP contribution in [0.15, 0.2) is 0 Å². The third-order valence-electron chi connectivity index (χ3n) is 3.71. The van der Waals surface area contributed by atoms with Crippen molar-refractivity contribution in [2.24, 2.45) is 5.92 Å². The van der Waals surface area contributed by atoms with Crippen LogP contribution in [0.5, 0.6) is 0 Å². The van der Waals surface area contributed by atoms with Gasteiger partial charge in [0.2, 0.25) is 0 Å². The number of nitrogens with zero attached hydrogens (tertiary/aromatic N) is 1. The second-order valence-electron chi connectivity index (χ2n) is 5.39. The Kier molecular flexibility index (Phi) is 5.07. The van der Waals surface area contributed by atoms with Gasteiger partial charge in [0, 0.05) is 32.8 Å². The average Bonchev–Trinajstić information content (AvgIpc) is 2.52. The molecule has 3 nitrogen and oxygen atoms in total. The molecule has 1 N–H and O–H groups in total. The lowest BCUT2D eigenvalue weighted by atomic mass is 10.1. The van der Waals surface area contributed by atoms with Gasteiger partial charge in [-0.3, -0.25) is 0 Å². The minimum absolute atomic E-state index is 0.542. The summed E-state index contributed by atoms with van der Waals surface area (Å²) in [5, 5.41) is 3.49. The zero-order chi connectivity index (χ0) is 11.2. The fourth-order valence-electron chi connectivity index (χ4n) is 2.75. The largest absolute Gasteiger partial charge is 0.378 e. The van der Waals surface area contributed by atoms with E-state index in [-0.39, 0.29) is 0 Å². The van der Waals surface area contributed by atoms with E-state index in [1.54, 1.807) is 0 Å². The van der Waals surface area contributed by atoms with Crippen molar-refractivity contribution in [2.75, 3.05) is 39.3 Å². The molecule has 2 unspecified atom stereocenters. The van der Waals surface area contributed by atoms with E-state index in [9.17, 15) is 0 Å². The van der Waals surface area contributed by atoms with Crippen molar-refractivity contribution in [3.05, 3.63) is 0 Å². The molecule has 2 aliphatic rings. The summed E-state index contributed by atoms with van der Waals surface area (Å²) >= 11 is 0. The lowest BCUT2D eigenvalue weighted by Gasteiger charge is -2.27. The summed E-state index contributed by atoms with van der Waals surface area (Å²) in [5.41, 5.74) is 0. The van der Waals surface area contributed by atoms with Crippen LogP contribution in [0.3, 0.4) is 0 Å². The normalized spacial score (nSPS) is 33.6. The molecule has 0 spiro atoms. The maximum absolute atomic E-state index is 5.78. The van der Waals surface area contributed by atoms with Gasteiger partial charge in [-0.05, 0) is 38.1 Å². The van der Waals surface area contributed by atoms with E-state index in [0.29, 0.717) is 6.10 Å². The van der Waals surface area contributed by atoms with Crippen molar-refractivity contribution in [1.82, 2.24) is 10.2 Å². The van der Waals surface area contributed by atoms with Crippen LogP contribution >= 0.6 is 0 Å². The number of hydrogen-bond donors (Lipinski definition) is 1. The molecule has 0 saturated carbocycles. The summed E-state index contributed by atoms with van der Waals surface area (Å²) < 4.78 is 5.78. The molecule has 0 bridgehead atoms. The van der Waals surface area contributed by atoms with Crippen LogP contribution in [0.4, 0.5) is 0 Å². The fourth-order valence-corrected chi connectivity index (χ4v) is 2.75. The quantitative estimate of drug-likeness (QED) is 0.789. The molecular weight excluding hydrogens is 200 g/mol. The third kappa shape index (κ3) is 4.04. The highest BCUT2D eigenvalue weighted by Crippen LogP contribution is 2.16. The zero-order valence-corrected chi connectivity index (χ0v) is 10.6. The Balaban J connectivity index is 1.67. The summed E-state index contributed by atoms with van der Waals surface area (Å²) in [5.74, 6) is 0.787. The van der Waals surface area contributed by atoms with Gasteiger partial charge in [0.25, 0.3) is 0 Å². The molecule has 0 radical (unpaired) electrons. The smallest absolute Gasteiger partial charge is 0.0587 e. The van der Waals surface area contributed by atoms with Crippen molar-refractivity contribution >= 4 is 0 Å². The first kappa shape index (κ1) is 12.3. The molecule has 16 heavy (non-hydrogen) atoms. The van der Waals surface area contributed by atoms with Gasteiger partial charge in [0.15, 0.2) is 0 Å². The first-order valence-corrected chi connectivity index (χ1v) is 6.89. The summed E-state index contributed by atoms with van der Waals surface area (Å²) in [7, 11) is 0. The third-order valence-corrected chi connectivity index (χ3v) is 3.71. The topological polar surface area (TPSA) is 24.5 Å². The van der Waals surface area contributed by atoms with Crippen molar-refractivity contribution in [3.8, 4) is 0 Å². The number of rotatable bonds is 3. The molecule has 2 heterocycles. The molecule has 0 aliphatic carbocycles. The summed E-state index contributed by atoms with van der Waals surface area (Å²) in [6.07, 6.45) is 5.68. The van der Waals surface area contributed by atoms with E-state index in [1.165, 1.54) is 51.9 Å². The number of nitrogens with one attached hydrogen (secondary N) is 1. The van der Waals surface area contributed by atoms with Crippen LogP contribution in [0.2, 0.25) is 0 Å². The Morgan fingerprint density at radius 3 is 3.12 bits per heavy atom. The van der Waals surface area contributed by atoms with Gasteiger partial charge < -0.3 is 15.0 Å². The molecule has 0 amide bonds. The molecule has 2 rings (SSSR count). The van der Waals surface area contributed by atoms with E-state index in [0.717, 1.165) is 19.1 Å². The molecule has 2 atom stereocenters. The molecule has 2 aliphatic heterocycles. The summed E-state index contributed by atoms with van der Waals surface area (Å²) in [6.45, 7) is 9.32. The van der Waals surface area contributed by atoms with Crippen LogP contribution in [0, 0.1) is 5.92 Å². The highest BCUT2D eigenvalue weighted by atomic mass is 16.5. The Labute approximate surface area is 99.5 Å². The number of ether oxygens (including phenoxy) is 1. The fraction of sp³-hybridized carbons (Fsp3) is 1.00. The first-order chi connectivity index (χ1) is 7.84. The molecule has 3 heteroatoms. The predicted molar refractivity (Wildman–Crippen MR) is 66.7 cm³/mol. The lowest BCUT2D eigenvalue weighted by molar-refractivity contribution is 0.00537. The van der Waals surface area contributed by atoms with E-state index in [4.69, 9.17) is 4.74 Å². The van der Waals surface area contributed by atoms with Crippen molar-refractivity contribution < 1.29 is 4.74 Å². The van der Waals surface area contributed by atoms with Gasteiger partial charge in [-0.2, -0.15) is 0 Å². The van der Waals surface area contributed by atoms with Gasteiger partial charge in [0.05, 0.1) is 6.10 Å². The second kappa shape index (κ2) is 6.58. The van der Waals surface area contributed by atoms with E-state index in [2.05, 4.69) is 17.1 Å². The molecular formula is C13H26N2O. The van der Waals surface area contributed by atoms with Crippen LogP contribution in [-0.4, -0.2) is 50.3 Å². The Morgan fingerprint density at radius 1 is 1.38 bits per heavy atom. The molecule has 2 fully saturated rings. The van der Waals surface area contributed by atoms with Gasteiger partial charge in [0.1, 0.15) is 0 Å². The maximum atomic E-state index is 5.78. The molecule has 94 valence electrons. The molecule has 0 aromatic carbocycles.